The van der Waals surface area contributed by atoms with Gasteiger partial charge in [0.05, 0.1) is 6.04 Å². The van der Waals surface area contributed by atoms with E-state index in [0.717, 1.165) is 0 Å². The Morgan fingerprint density at radius 2 is 1.74 bits per heavy atom. The molecule has 1 nitrogen and oxygen atoms in total. The van der Waals surface area contributed by atoms with Crippen molar-refractivity contribution in [2.75, 3.05) is 0 Å². The van der Waals surface area contributed by atoms with Crippen LogP contribution in [0.3, 0.4) is 0 Å². The number of allylic oxidation sites excluding steroid dienone is 1. The van der Waals surface area contributed by atoms with Gasteiger partial charge in [0.25, 0.3) is 0 Å². The molecule has 2 N–H and O–H groups in total. The smallest absolute Gasteiger partial charge is 0.0605 e. The number of fused-ring (bicyclic) bond motifs is 1. The summed E-state index contributed by atoms with van der Waals surface area (Å²) in [5, 5.41) is 0. The second kappa shape index (κ2) is 6.23. The summed E-state index contributed by atoms with van der Waals surface area (Å²) in [6, 6.07) is 2.58. The number of rotatable bonds is 2. The molecule has 3 rings (SSSR count). The molecule has 19 heavy (non-hydrogen) atoms. The largest absolute Gasteiger partial charge is 0.320 e. The highest BCUT2D eigenvalue weighted by atomic mass is 32.1. The number of hydrogen-bond donors (Lipinski definition) is 1. The van der Waals surface area contributed by atoms with Crippen LogP contribution in [0.1, 0.15) is 72.7 Å². The van der Waals surface area contributed by atoms with Crippen LogP contribution < -0.4 is 5.73 Å². The lowest BCUT2D eigenvalue weighted by molar-refractivity contribution is 0.604. The third kappa shape index (κ3) is 3.11. The Kier molecular flexibility index (Phi) is 4.39. The van der Waals surface area contributed by atoms with E-state index in [1.165, 1.54) is 74.7 Å². The molecule has 1 aromatic heterocycles. The third-order valence-corrected chi connectivity index (χ3v) is 5.87. The van der Waals surface area contributed by atoms with Gasteiger partial charge in [0.1, 0.15) is 0 Å². The topological polar surface area (TPSA) is 26.0 Å². The Bertz CT molecular complexity index is 434. The molecule has 104 valence electrons. The van der Waals surface area contributed by atoms with Gasteiger partial charge < -0.3 is 5.73 Å². The van der Waals surface area contributed by atoms with Crippen LogP contribution in [0.25, 0.3) is 0 Å². The SMILES string of the molecule is NC(C1=CCCCCCC1)c1cc2c(s1)CCCC2. The summed E-state index contributed by atoms with van der Waals surface area (Å²) in [6.45, 7) is 0. The van der Waals surface area contributed by atoms with Crippen LogP contribution in [0, 0.1) is 0 Å². The summed E-state index contributed by atoms with van der Waals surface area (Å²) in [4.78, 5) is 3.03. The second-order valence-corrected chi connectivity index (χ2v) is 7.18. The number of aryl methyl sites for hydroxylation is 2. The van der Waals surface area contributed by atoms with Gasteiger partial charge in [0.15, 0.2) is 0 Å². The lowest BCUT2D eigenvalue weighted by Gasteiger charge is -2.17. The molecule has 0 fully saturated rings. The maximum Gasteiger partial charge on any atom is 0.0605 e. The molecule has 0 spiro atoms. The van der Waals surface area contributed by atoms with Gasteiger partial charge in [0, 0.05) is 9.75 Å². The molecule has 0 radical (unpaired) electrons. The Morgan fingerprint density at radius 3 is 2.63 bits per heavy atom. The molecule has 0 aromatic carbocycles. The third-order valence-electron chi connectivity index (χ3n) is 4.55. The fraction of sp³-hybridized carbons (Fsp3) is 0.647. The van der Waals surface area contributed by atoms with Crippen LogP contribution in [0.4, 0.5) is 0 Å². The molecule has 1 aromatic rings. The van der Waals surface area contributed by atoms with Crippen molar-refractivity contribution >= 4 is 11.3 Å². The van der Waals surface area contributed by atoms with Crippen molar-refractivity contribution in [3.63, 3.8) is 0 Å². The van der Waals surface area contributed by atoms with Crippen LogP contribution in [0.2, 0.25) is 0 Å². The van der Waals surface area contributed by atoms with Crippen LogP contribution in [0.5, 0.6) is 0 Å². The van der Waals surface area contributed by atoms with Crippen molar-refractivity contribution in [3.05, 3.63) is 33.0 Å². The zero-order valence-electron chi connectivity index (χ0n) is 11.8. The predicted octanol–water partition coefficient (Wildman–Crippen LogP) is 4.91. The zero-order chi connectivity index (χ0) is 13.1. The summed E-state index contributed by atoms with van der Waals surface area (Å²) < 4.78 is 0. The molecular formula is C17H25NS. The van der Waals surface area contributed by atoms with E-state index in [2.05, 4.69) is 12.1 Å². The summed E-state index contributed by atoms with van der Waals surface area (Å²) >= 11 is 1.98. The van der Waals surface area contributed by atoms with Crippen LogP contribution in [-0.2, 0) is 12.8 Å². The average molecular weight is 275 g/mol. The van der Waals surface area contributed by atoms with E-state index in [-0.39, 0.29) is 6.04 Å². The molecule has 0 amide bonds. The molecule has 0 saturated carbocycles. The van der Waals surface area contributed by atoms with Gasteiger partial charge in [-0.15, -0.1) is 11.3 Å². The first-order chi connectivity index (χ1) is 9.34. The molecule has 2 aliphatic rings. The first kappa shape index (κ1) is 13.4. The Balaban J connectivity index is 1.78. The van der Waals surface area contributed by atoms with E-state index in [9.17, 15) is 0 Å². The van der Waals surface area contributed by atoms with Gasteiger partial charge in [-0.2, -0.15) is 0 Å². The molecule has 2 aliphatic carbocycles. The zero-order valence-corrected chi connectivity index (χ0v) is 12.6. The maximum atomic E-state index is 6.54. The number of hydrogen-bond acceptors (Lipinski definition) is 2. The van der Waals surface area contributed by atoms with Crippen molar-refractivity contribution in [2.45, 2.75) is 70.3 Å². The van der Waals surface area contributed by atoms with Gasteiger partial charge >= 0.3 is 0 Å². The van der Waals surface area contributed by atoms with Crippen molar-refractivity contribution < 1.29 is 0 Å². The summed E-state index contributed by atoms with van der Waals surface area (Å²) in [7, 11) is 0. The predicted molar refractivity (Wildman–Crippen MR) is 83.7 cm³/mol. The van der Waals surface area contributed by atoms with Crippen LogP contribution >= 0.6 is 11.3 Å². The second-order valence-electron chi connectivity index (χ2n) is 6.01. The minimum atomic E-state index is 0.175. The van der Waals surface area contributed by atoms with Gasteiger partial charge in [0.2, 0.25) is 0 Å². The Labute approximate surface area is 120 Å². The number of thiophene rings is 1. The minimum absolute atomic E-state index is 0.175. The Hall–Kier alpha value is -0.600. The fourth-order valence-electron chi connectivity index (χ4n) is 3.35. The standard InChI is InChI=1S/C17H25NS/c18-17(13-8-4-2-1-3-5-9-13)16-12-14-10-6-7-11-15(14)19-16/h8,12,17H,1-7,9-11,18H2. The summed E-state index contributed by atoms with van der Waals surface area (Å²) in [6.07, 6.45) is 15.6. The van der Waals surface area contributed by atoms with Crippen LogP contribution in [0.15, 0.2) is 17.7 Å². The van der Waals surface area contributed by atoms with Gasteiger partial charge in [-0.25, -0.2) is 0 Å². The van der Waals surface area contributed by atoms with Crippen molar-refractivity contribution in [2.24, 2.45) is 5.73 Å². The first-order valence-electron chi connectivity index (χ1n) is 7.90. The highest BCUT2D eigenvalue weighted by Gasteiger charge is 2.19. The lowest BCUT2D eigenvalue weighted by atomic mass is 9.93. The molecule has 1 atom stereocenters. The molecule has 2 heteroatoms. The van der Waals surface area contributed by atoms with E-state index in [1.54, 1.807) is 10.4 Å². The van der Waals surface area contributed by atoms with E-state index >= 15 is 0 Å². The van der Waals surface area contributed by atoms with E-state index in [1.807, 2.05) is 11.3 Å². The minimum Gasteiger partial charge on any atom is -0.320 e. The van der Waals surface area contributed by atoms with Gasteiger partial charge in [-0.05, 0) is 63.0 Å². The summed E-state index contributed by atoms with van der Waals surface area (Å²) in [5.41, 5.74) is 9.63. The van der Waals surface area contributed by atoms with E-state index in [4.69, 9.17) is 5.73 Å². The van der Waals surface area contributed by atoms with E-state index in [0.29, 0.717) is 0 Å². The van der Waals surface area contributed by atoms with Crippen LogP contribution in [-0.4, -0.2) is 0 Å². The number of nitrogens with two attached hydrogens (primary N) is 1. The fourth-order valence-corrected chi connectivity index (χ4v) is 4.65. The quantitative estimate of drug-likeness (QED) is 0.763. The molecule has 1 unspecified atom stereocenters. The van der Waals surface area contributed by atoms with Gasteiger partial charge in [-0.1, -0.05) is 24.5 Å². The lowest BCUT2D eigenvalue weighted by Crippen LogP contribution is -2.12. The molecule has 0 aliphatic heterocycles. The van der Waals surface area contributed by atoms with Crippen molar-refractivity contribution in [1.29, 1.82) is 0 Å². The molecule has 0 saturated heterocycles. The van der Waals surface area contributed by atoms with Crippen molar-refractivity contribution in [1.82, 2.24) is 0 Å². The normalized spacial score (nSPS) is 22.1. The highest BCUT2D eigenvalue weighted by molar-refractivity contribution is 7.12. The van der Waals surface area contributed by atoms with Gasteiger partial charge in [-0.3, -0.25) is 0 Å². The summed E-state index contributed by atoms with van der Waals surface area (Å²) in [5.74, 6) is 0. The molecular weight excluding hydrogens is 250 g/mol. The Morgan fingerprint density at radius 1 is 0.947 bits per heavy atom. The maximum absolute atomic E-state index is 6.54. The van der Waals surface area contributed by atoms with Crippen molar-refractivity contribution in [3.8, 4) is 0 Å². The average Bonchev–Trinajstić information content (AvgIpc) is 2.81. The van der Waals surface area contributed by atoms with E-state index < -0.39 is 0 Å². The monoisotopic (exact) mass is 275 g/mol. The molecule has 0 bridgehead atoms. The molecule has 1 heterocycles. The first-order valence-corrected chi connectivity index (χ1v) is 8.72. The highest BCUT2D eigenvalue weighted by Crippen LogP contribution is 2.36.